The van der Waals surface area contributed by atoms with Crippen LogP contribution < -0.4 is 4.74 Å². The summed E-state index contributed by atoms with van der Waals surface area (Å²) in [5.41, 5.74) is 1.26. The molecule has 17 heavy (non-hydrogen) atoms. The standard InChI is InChI=1S/C15H21NO/c1-11(2)10-16-9-8-13-14(16)6-5-7-15(13)17-12(3)4/h5-9,11-12H,10H2,1-4H3. The molecule has 0 aliphatic heterocycles. The van der Waals surface area contributed by atoms with E-state index in [1.165, 1.54) is 10.9 Å². The number of hydrogen-bond acceptors (Lipinski definition) is 1. The second-order valence-electron chi connectivity index (χ2n) is 5.22. The van der Waals surface area contributed by atoms with E-state index in [0.29, 0.717) is 5.92 Å². The second kappa shape index (κ2) is 4.82. The molecule has 0 unspecified atom stereocenters. The van der Waals surface area contributed by atoms with Gasteiger partial charge in [0.15, 0.2) is 0 Å². The highest BCUT2D eigenvalue weighted by molar-refractivity contribution is 5.86. The van der Waals surface area contributed by atoms with E-state index in [-0.39, 0.29) is 6.10 Å². The summed E-state index contributed by atoms with van der Waals surface area (Å²) >= 11 is 0. The summed E-state index contributed by atoms with van der Waals surface area (Å²) in [5.74, 6) is 1.64. The van der Waals surface area contributed by atoms with Crippen molar-refractivity contribution in [3.05, 3.63) is 30.5 Å². The highest BCUT2D eigenvalue weighted by atomic mass is 16.5. The van der Waals surface area contributed by atoms with Crippen molar-refractivity contribution in [2.24, 2.45) is 5.92 Å². The quantitative estimate of drug-likeness (QED) is 0.773. The van der Waals surface area contributed by atoms with Gasteiger partial charge in [0.05, 0.1) is 11.6 Å². The van der Waals surface area contributed by atoms with Crippen LogP contribution in [0.2, 0.25) is 0 Å². The van der Waals surface area contributed by atoms with Gasteiger partial charge in [0.25, 0.3) is 0 Å². The normalized spacial score (nSPS) is 11.6. The summed E-state index contributed by atoms with van der Waals surface area (Å²) in [4.78, 5) is 0. The number of ether oxygens (including phenoxy) is 1. The number of aromatic nitrogens is 1. The van der Waals surface area contributed by atoms with Gasteiger partial charge in [-0.05, 0) is 38.0 Å². The third-order valence-electron chi connectivity index (χ3n) is 2.70. The number of fused-ring (bicyclic) bond motifs is 1. The molecule has 2 heteroatoms. The molecule has 0 atom stereocenters. The van der Waals surface area contributed by atoms with Gasteiger partial charge in [-0.1, -0.05) is 19.9 Å². The Kier molecular flexibility index (Phi) is 3.41. The molecule has 0 spiro atoms. The average molecular weight is 231 g/mol. The lowest BCUT2D eigenvalue weighted by atomic mass is 10.2. The van der Waals surface area contributed by atoms with Gasteiger partial charge >= 0.3 is 0 Å². The van der Waals surface area contributed by atoms with Crippen LogP contribution in [0.5, 0.6) is 5.75 Å². The minimum absolute atomic E-state index is 0.217. The minimum atomic E-state index is 0.217. The molecule has 0 aliphatic carbocycles. The summed E-state index contributed by atoms with van der Waals surface area (Å²) in [6, 6.07) is 8.42. The molecule has 2 nitrogen and oxygen atoms in total. The van der Waals surface area contributed by atoms with Crippen LogP contribution in [0.25, 0.3) is 10.9 Å². The molecule has 2 rings (SSSR count). The van der Waals surface area contributed by atoms with Gasteiger partial charge < -0.3 is 9.30 Å². The third-order valence-corrected chi connectivity index (χ3v) is 2.70. The molecule has 92 valence electrons. The van der Waals surface area contributed by atoms with Gasteiger partial charge in [0.1, 0.15) is 5.75 Å². The van der Waals surface area contributed by atoms with Crippen LogP contribution in [0.1, 0.15) is 27.7 Å². The van der Waals surface area contributed by atoms with Crippen LogP contribution in [-0.2, 0) is 6.54 Å². The van der Waals surface area contributed by atoms with Crippen LogP contribution in [0.15, 0.2) is 30.5 Å². The fourth-order valence-electron chi connectivity index (χ4n) is 2.10. The number of hydrogen-bond donors (Lipinski definition) is 0. The largest absolute Gasteiger partial charge is 0.490 e. The van der Waals surface area contributed by atoms with Crippen molar-refractivity contribution in [3.63, 3.8) is 0 Å². The van der Waals surface area contributed by atoms with E-state index in [1.807, 2.05) is 6.07 Å². The number of benzene rings is 1. The maximum Gasteiger partial charge on any atom is 0.129 e. The molecule has 0 radical (unpaired) electrons. The minimum Gasteiger partial charge on any atom is -0.490 e. The lowest BCUT2D eigenvalue weighted by Crippen LogP contribution is -2.06. The van der Waals surface area contributed by atoms with Crippen molar-refractivity contribution in [3.8, 4) is 5.75 Å². The monoisotopic (exact) mass is 231 g/mol. The van der Waals surface area contributed by atoms with Crippen molar-refractivity contribution in [2.45, 2.75) is 40.3 Å². The Balaban J connectivity index is 2.41. The molecule has 2 aromatic rings. The van der Waals surface area contributed by atoms with E-state index >= 15 is 0 Å². The number of rotatable bonds is 4. The molecule has 0 saturated carbocycles. The Hall–Kier alpha value is -1.44. The Morgan fingerprint density at radius 3 is 2.53 bits per heavy atom. The first kappa shape index (κ1) is 12.0. The molecule has 0 amide bonds. The van der Waals surface area contributed by atoms with Crippen LogP contribution in [0.4, 0.5) is 0 Å². The van der Waals surface area contributed by atoms with E-state index < -0.39 is 0 Å². The third kappa shape index (κ3) is 2.63. The summed E-state index contributed by atoms with van der Waals surface area (Å²) < 4.78 is 8.13. The molecule has 1 aromatic carbocycles. The zero-order valence-electron chi connectivity index (χ0n) is 11.1. The van der Waals surface area contributed by atoms with Crippen molar-refractivity contribution in [2.75, 3.05) is 0 Å². The average Bonchev–Trinajstić information content (AvgIpc) is 2.61. The predicted molar refractivity (Wildman–Crippen MR) is 72.5 cm³/mol. The SMILES string of the molecule is CC(C)Cn1ccc2c(OC(C)C)cccc21. The van der Waals surface area contributed by atoms with Gasteiger partial charge in [-0.3, -0.25) is 0 Å². The molecule has 0 N–H and O–H groups in total. The van der Waals surface area contributed by atoms with Gasteiger partial charge in [0.2, 0.25) is 0 Å². The lowest BCUT2D eigenvalue weighted by molar-refractivity contribution is 0.245. The van der Waals surface area contributed by atoms with Gasteiger partial charge in [-0.2, -0.15) is 0 Å². The highest BCUT2D eigenvalue weighted by Crippen LogP contribution is 2.27. The Morgan fingerprint density at radius 2 is 1.88 bits per heavy atom. The molecule has 0 aliphatic rings. The Morgan fingerprint density at radius 1 is 1.12 bits per heavy atom. The molecular formula is C15H21NO. The molecule has 0 fully saturated rings. The maximum absolute atomic E-state index is 5.83. The van der Waals surface area contributed by atoms with Gasteiger partial charge in [0, 0.05) is 18.1 Å². The van der Waals surface area contributed by atoms with Gasteiger partial charge in [-0.25, -0.2) is 0 Å². The van der Waals surface area contributed by atoms with Gasteiger partial charge in [-0.15, -0.1) is 0 Å². The smallest absolute Gasteiger partial charge is 0.129 e. The van der Waals surface area contributed by atoms with Crippen LogP contribution in [0.3, 0.4) is 0 Å². The van der Waals surface area contributed by atoms with Crippen LogP contribution >= 0.6 is 0 Å². The summed E-state index contributed by atoms with van der Waals surface area (Å²) in [7, 11) is 0. The fourth-order valence-corrected chi connectivity index (χ4v) is 2.10. The molecule has 0 bridgehead atoms. The lowest BCUT2D eigenvalue weighted by Gasteiger charge is -2.12. The van der Waals surface area contributed by atoms with E-state index in [2.05, 4.69) is 56.7 Å². The topological polar surface area (TPSA) is 14.2 Å². The van der Waals surface area contributed by atoms with Crippen LogP contribution in [0, 0.1) is 5.92 Å². The van der Waals surface area contributed by atoms with E-state index in [4.69, 9.17) is 4.74 Å². The highest BCUT2D eigenvalue weighted by Gasteiger charge is 2.08. The Bertz CT molecular complexity index is 497. The first-order valence-electron chi connectivity index (χ1n) is 6.32. The summed E-state index contributed by atoms with van der Waals surface area (Å²) in [6.07, 6.45) is 2.37. The molecular weight excluding hydrogens is 210 g/mol. The van der Waals surface area contributed by atoms with Crippen molar-refractivity contribution >= 4 is 10.9 Å². The van der Waals surface area contributed by atoms with Crippen molar-refractivity contribution in [1.82, 2.24) is 4.57 Å². The molecule has 1 heterocycles. The predicted octanol–water partition coefficient (Wildman–Crippen LogP) is 4.08. The maximum atomic E-state index is 5.83. The first-order chi connectivity index (χ1) is 8.08. The van der Waals surface area contributed by atoms with E-state index in [1.54, 1.807) is 0 Å². The summed E-state index contributed by atoms with van der Waals surface area (Å²) in [5, 5.41) is 1.21. The van der Waals surface area contributed by atoms with E-state index in [9.17, 15) is 0 Å². The summed E-state index contributed by atoms with van der Waals surface area (Å²) in [6.45, 7) is 9.64. The molecule has 0 saturated heterocycles. The van der Waals surface area contributed by atoms with Crippen LogP contribution in [-0.4, -0.2) is 10.7 Å². The second-order valence-corrected chi connectivity index (χ2v) is 5.22. The Labute approximate surface area is 103 Å². The fraction of sp³-hybridized carbons (Fsp3) is 0.467. The zero-order valence-corrected chi connectivity index (χ0v) is 11.1. The molecule has 1 aromatic heterocycles. The zero-order chi connectivity index (χ0) is 12.4. The first-order valence-corrected chi connectivity index (χ1v) is 6.32. The van der Waals surface area contributed by atoms with E-state index in [0.717, 1.165) is 12.3 Å². The van der Waals surface area contributed by atoms with Crippen molar-refractivity contribution in [1.29, 1.82) is 0 Å². The van der Waals surface area contributed by atoms with Crippen molar-refractivity contribution < 1.29 is 4.74 Å². The number of nitrogens with zero attached hydrogens (tertiary/aromatic N) is 1.